The fourth-order valence-corrected chi connectivity index (χ4v) is 3.10. The summed E-state index contributed by atoms with van der Waals surface area (Å²) in [5, 5.41) is 5.74. The van der Waals surface area contributed by atoms with Crippen LogP contribution in [0.4, 0.5) is 11.4 Å². The summed E-state index contributed by atoms with van der Waals surface area (Å²) >= 11 is 0. The zero-order chi connectivity index (χ0) is 20.3. The quantitative estimate of drug-likeness (QED) is 0.758. The number of ether oxygens (including phenoxy) is 2. The molecule has 2 amide bonds. The minimum absolute atomic E-state index is 0.130. The van der Waals surface area contributed by atoms with Gasteiger partial charge in [0.2, 0.25) is 11.8 Å². The van der Waals surface area contributed by atoms with Gasteiger partial charge in [-0.3, -0.25) is 9.59 Å². The van der Waals surface area contributed by atoms with Crippen molar-refractivity contribution in [1.29, 1.82) is 0 Å². The standard InChI is InChI=1S/C22H26N2O4/c1-13(2)14-5-7-15(8-6-14)23-21(25)17-12-18(17)22(26)24-19-11-16(27-3)9-10-20(19)28-4/h5-11,13,17-18H,12H2,1-4H3,(H,23,25)(H,24,26). The van der Waals surface area contributed by atoms with E-state index in [4.69, 9.17) is 9.47 Å². The maximum absolute atomic E-state index is 12.5. The summed E-state index contributed by atoms with van der Waals surface area (Å²) in [6, 6.07) is 13.0. The average Bonchev–Trinajstić information content (AvgIpc) is 3.49. The zero-order valence-electron chi connectivity index (χ0n) is 16.6. The van der Waals surface area contributed by atoms with Crippen LogP contribution in [-0.4, -0.2) is 26.0 Å². The first-order valence-corrected chi connectivity index (χ1v) is 9.36. The molecule has 0 spiro atoms. The third kappa shape index (κ3) is 4.44. The monoisotopic (exact) mass is 382 g/mol. The summed E-state index contributed by atoms with van der Waals surface area (Å²) < 4.78 is 10.5. The van der Waals surface area contributed by atoms with Crippen LogP contribution in [0.1, 0.15) is 31.7 Å². The SMILES string of the molecule is COc1ccc(OC)c(NC(=O)C2CC2C(=O)Nc2ccc(C(C)C)cc2)c1. The molecule has 1 aliphatic carbocycles. The van der Waals surface area contributed by atoms with Crippen molar-refractivity contribution in [2.45, 2.75) is 26.2 Å². The lowest BCUT2D eigenvalue weighted by atomic mass is 10.0. The van der Waals surface area contributed by atoms with E-state index in [2.05, 4.69) is 24.5 Å². The molecular weight excluding hydrogens is 356 g/mol. The topological polar surface area (TPSA) is 76.7 Å². The summed E-state index contributed by atoms with van der Waals surface area (Å²) in [6.07, 6.45) is 0.536. The molecule has 2 aromatic rings. The van der Waals surface area contributed by atoms with Gasteiger partial charge in [0.05, 0.1) is 31.7 Å². The normalized spacial score (nSPS) is 17.8. The molecule has 0 aromatic heterocycles. The Morgan fingerprint density at radius 3 is 2.14 bits per heavy atom. The van der Waals surface area contributed by atoms with Gasteiger partial charge in [0.15, 0.2) is 0 Å². The molecular formula is C22H26N2O4. The van der Waals surface area contributed by atoms with Gasteiger partial charge in [-0.05, 0) is 42.2 Å². The average molecular weight is 382 g/mol. The molecule has 0 bridgehead atoms. The lowest BCUT2D eigenvalue weighted by Gasteiger charge is -2.12. The Bertz CT molecular complexity index is 861. The molecule has 0 saturated heterocycles. The second-order valence-corrected chi connectivity index (χ2v) is 7.27. The molecule has 6 nitrogen and oxygen atoms in total. The van der Waals surface area contributed by atoms with Crippen molar-refractivity contribution < 1.29 is 19.1 Å². The number of amides is 2. The number of benzene rings is 2. The summed E-state index contributed by atoms with van der Waals surface area (Å²) in [4.78, 5) is 25.0. The van der Waals surface area contributed by atoms with Crippen molar-refractivity contribution in [3.8, 4) is 11.5 Å². The molecule has 0 radical (unpaired) electrons. The fraction of sp³-hybridized carbons (Fsp3) is 0.364. The molecule has 1 aliphatic rings. The Labute approximate surface area is 165 Å². The maximum Gasteiger partial charge on any atom is 0.228 e. The Balaban J connectivity index is 1.58. The van der Waals surface area contributed by atoms with Crippen LogP contribution in [0.15, 0.2) is 42.5 Å². The first-order valence-electron chi connectivity index (χ1n) is 9.36. The van der Waals surface area contributed by atoms with Crippen LogP contribution in [-0.2, 0) is 9.59 Å². The van der Waals surface area contributed by atoms with Crippen molar-refractivity contribution >= 4 is 23.2 Å². The highest BCUT2D eigenvalue weighted by molar-refractivity contribution is 6.03. The number of hydrogen-bond donors (Lipinski definition) is 2. The van der Waals surface area contributed by atoms with Gasteiger partial charge in [-0.15, -0.1) is 0 Å². The van der Waals surface area contributed by atoms with Gasteiger partial charge in [0.25, 0.3) is 0 Å². The molecule has 1 fully saturated rings. The predicted molar refractivity (Wildman–Crippen MR) is 109 cm³/mol. The molecule has 28 heavy (non-hydrogen) atoms. The summed E-state index contributed by atoms with van der Waals surface area (Å²) in [6.45, 7) is 4.25. The van der Waals surface area contributed by atoms with E-state index in [-0.39, 0.29) is 23.7 Å². The van der Waals surface area contributed by atoms with E-state index in [9.17, 15) is 9.59 Å². The van der Waals surface area contributed by atoms with Crippen LogP contribution >= 0.6 is 0 Å². The second-order valence-electron chi connectivity index (χ2n) is 7.27. The molecule has 2 N–H and O–H groups in total. The number of anilines is 2. The number of hydrogen-bond acceptors (Lipinski definition) is 4. The number of nitrogens with one attached hydrogen (secondary N) is 2. The van der Waals surface area contributed by atoms with Gasteiger partial charge in [0.1, 0.15) is 11.5 Å². The van der Waals surface area contributed by atoms with Crippen molar-refractivity contribution in [2.75, 3.05) is 24.9 Å². The van der Waals surface area contributed by atoms with E-state index in [1.807, 2.05) is 24.3 Å². The lowest BCUT2D eigenvalue weighted by Crippen LogP contribution is -2.20. The summed E-state index contributed by atoms with van der Waals surface area (Å²) in [5.41, 5.74) is 2.49. The van der Waals surface area contributed by atoms with E-state index < -0.39 is 0 Å². The highest BCUT2D eigenvalue weighted by Crippen LogP contribution is 2.41. The molecule has 6 heteroatoms. The van der Waals surface area contributed by atoms with Crippen LogP contribution < -0.4 is 20.1 Å². The van der Waals surface area contributed by atoms with Crippen LogP contribution in [0.5, 0.6) is 11.5 Å². The molecule has 2 aromatic carbocycles. The number of methoxy groups -OCH3 is 2. The maximum atomic E-state index is 12.5. The third-order valence-electron chi connectivity index (χ3n) is 4.97. The van der Waals surface area contributed by atoms with E-state index in [0.717, 1.165) is 5.69 Å². The largest absolute Gasteiger partial charge is 0.497 e. The van der Waals surface area contributed by atoms with Crippen molar-refractivity contribution in [2.24, 2.45) is 11.8 Å². The van der Waals surface area contributed by atoms with Gasteiger partial charge >= 0.3 is 0 Å². The van der Waals surface area contributed by atoms with Gasteiger partial charge in [-0.2, -0.15) is 0 Å². The number of carbonyl (C=O) groups excluding carboxylic acids is 2. The van der Waals surface area contributed by atoms with E-state index >= 15 is 0 Å². The molecule has 0 aliphatic heterocycles. The highest BCUT2D eigenvalue weighted by Gasteiger charge is 2.48. The molecule has 148 valence electrons. The number of carbonyl (C=O) groups is 2. The molecule has 2 unspecified atom stereocenters. The Hall–Kier alpha value is -3.02. The van der Waals surface area contributed by atoms with E-state index in [1.54, 1.807) is 25.3 Å². The van der Waals surface area contributed by atoms with Crippen LogP contribution in [0.2, 0.25) is 0 Å². The van der Waals surface area contributed by atoms with E-state index in [0.29, 0.717) is 29.5 Å². The summed E-state index contributed by atoms with van der Waals surface area (Å²) in [5.74, 6) is 0.617. The molecule has 0 heterocycles. The van der Waals surface area contributed by atoms with Crippen molar-refractivity contribution in [1.82, 2.24) is 0 Å². The fourth-order valence-electron chi connectivity index (χ4n) is 3.10. The molecule has 1 saturated carbocycles. The Morgan fingerprint density at radius 2 is 1.57 bits per heavy atom. The zero-order valence-corrected chi connectivity index (χ0v) is 16.6. The highest BCUT2D eigenvalue weighted by atomic mass is 16.5. The molecule has 3 rings (SSSR count). The van der Waals surface area contributed by atoms with Crippen LogP contribution in [0.3, 0.4) is 0 Å². The minimum atomic E-state index is -0.342. The van der Waals surface area contributed by atoms with Crippen LogP contribution in [0.25, 0.3) is 0 Å². The van der Waals surface area contributed by atoms with Gasteiger partial charge in [0, 0.05) is 11.8 Å². The van der Waals surface area contributed by atoms with Gasteiger partial charge in [-0.25, -0.2) is 0 Å². The van der Waals surface area contributed by atoms with Gasteiger partial charge < -0.3 is 20.1 Å². The minimum Gasteiger partial charge on any atom is -0.497 e. The predicted octanol–water partition coefficient (Wildman–Crippen LogP) is 4.04. The Kier molecular flexibility index (Phi) is 5.87. The second kappa shape index (κ2) is 8.33. The molecule has 2 atom stereocenters. The first-order chi connectivity index (χ1) is 13.4. The third-order valence-corrected chi connectivity index (χ3v) is 4.97. The van der Waals surface area contributed by atoms with Crippen molar-refractivity contribution in [3.05, 3.63) is 48.0 Å². The number of rotatable bonds is 7. The lowest BCUT2D eigenvalue weighted by molar-refractivity contribution is -0.122. The van der Waals surface area contributed by atoms with Gasteiger partial charge in [-0.1, -0.05) is 26.0 Å². The smallest absolute Gasteiger partial charge is 0.228 e. The van der Waals surface area contributed by atoms with Crippen LogP contribution in [0, 0.1) is 11.8 Å². The van der Waals surface area contributed by atoms with Crippen molar-refractivity contribution in [3.63, 3.8) is 0 Å². The van der Waals surface area contributed by atoms with E-state index in [1.165, 1.54) is 12.7 Å². The Morgan fingerprint density at radius 1 is 0.929 bits per heavy atom. The summed E-state index contributed by atoms with van der Waals surface area (Å²) in [7, 11) is 3.10. The first kappa shape index (κ1) is 19.7.